The maximum Gasteiger partial charge on any atom is 0.220 e. The standard InChI is InChI=1S/C11H18N2OS/c1-4-5-6-10(14)12-7-11-13-8(2)9(3)15-11/h4-7H2,1-3H3,(H,12,14). The number of rotatable bonds is 5. The molecule has 1 rings (SSSR count). The molecule has 0 aromatic carbocycles. The number of nitrogens with one attached hydrogen (secondary N) is 1. The summed E-state index contributed by atoms with van der Waals surface area (Å²) in [5.41, 5.74) is 1.07. The molecule has 0 saturated heterocycles. The lowest BCUT2D eigenvalue weighted by Gasteiger charge is -2.01. The molecule has 1 N–H and O–H groups in total. The zero-order valence-corrected chi connectivity index (χ0v) is 10.4. The minimum Gasteiger partial charge on any atom is -0.350 e. The third-order valence-corrected chi connectivity index (χ3v) is 3.34. The second kappa shape index (κ2) is 5.85. The first-order valence-corrected chi connectivity index (χ1v) is 6.14. The average molecular weight is 226 g/mol. The van der Waals surface area contributed by atoms with Crippen molar-refractivity contribution in [2.24, 2.45) is 0 Å². The van der Waals surface area contributed by atoms with Crippen LogP contribution >= 0.6 is 11.3 Å². The lowest BCUT2D eigenvalue weighted by Crippen LogP contribution is -2.22. The molecule has 4 heteroatoms. The Balaban J connectivity index is 2.33. The van der Waals surface area contributed by atoms with Crippen LogP contribution in [0.15, 0.2) is 0 Å². The number of carbonyl (C=O) groups is 1. The minimum absolute atomic E-state index is 0.127. The lowest BCUT2D eigenvalue weighted by atomic mass is 10.2. The monoisotopic (exact) mass is 226 g/mol. The van der Waals surface area contributed by atoms with Crippen molar-refractivity contribution in [3.05, 3.63) is 15.6 Å². The van der Waals surface area contributed by atoms with E-state index in [9.17, 15) is 4.79 Å². The third-order valence-electron chi connectivity index (χ3n) is 2.27. The molecular formula is C11H18N2OS. The Morgan fingerprint density at radius 2 is 2.20 bits per heavy atom. The van der Waals surface area contributed by atoms with Crippen LogP contribution in [0.2, 0.25) is 0 Å². The Kier molecular flexibility index (Phi) is 4.75. The van der Waals surface area contributed by atoms with Gasteiger partial charge < -0.3 is 5.32 Å². The number of hydrogen-bond donors (Lipinski definition) is 1. The average Bonchev–Trinajstić information content (AvgIpc) is 2.52. The second-order valence-corrected chi connectivity index (χ2v) is 4.92. The van der Waals surface area contributed by atoms with E-state index in [4.69, 9.17) is 0 Å². The fraction of sp³-hybridized carbons (Fsp3) is 0.636. The molecule has 0 bridgehead atoms. The number of hydrogen-bond acceptors (Lipinski definition) is 3. The van der Waals surface area contributed by atoms with Gasteiger partial charge >= 0.3 is 0 Å². The molecule has 0 aliphatic heterocycles. The van der Waals surface area contributed by atoms with Crippen LogP contribution in [0.4, 0.5) is 0 Å². The zero-order valence-electron chi connectivity index (χ0n) is 9.59. The Hall–Kier alpha value is -0.900. The van der Waals surface area contributed by atoms with Crippen molar-refractivity contribution in [3.63, 3.8) is 0 Å². The van der Waals surface area contributed by atoms with Gasteiger partial charge in [-0.3, -0.25) is 4.79 Å². The van der Waals surface area contributed by atoms with E-state index in [0.717, 1.165) is 23.5 Å². The van der Waals surface area contributed by atoms with Crippen molar-refractivity contribution in [2.45, 2.75) is 46.6 Å². The van der Waals surface area contributed by atoms with Crippen LogP contribution in [-0.4, -0.2) is 10.9 Å². The predicted molar refractivity (Wildman–Crippen MR) is 63.0 cm³/mol. The summed E-state index contributed by atoms with van der Waals surface area (Å²) in [5.74, 6) is 0.127. The number of carbonyl (C=O) groups excluding carboxylic acids is 1. The van der Waals surface area contributed by atoms with Crippen molar-refractivity contribution >= 4 is 17.2 Å². The van der Waals surface area contributed by atoms with Crippen LogP contribution in [-0.2, 0) is 11.3 Å². The van der Waals surface area contributed by atoms with Crippen LogP contribution in [0.3, 0.4) is 0 Å². The Labute approximate surface area is 94.9 Å². The van der Waals surface area contributed by atoms with E-state index in [1.807, 2.05) is 6.92 Å². The van der Waals surface area contributed by atoms with E-state index >= 15 is 0 Å². The van der Waals surface area contributed by atoms with E-state index < -0.39 is 0 Å². The second-order valence-electron chi connectivity index (χ2n) is 3.63. The molecule has 84 valence electrons. The largest absolute Gasteiger partial charge is 0.350 e. The predicted octanol–water partition coefficient (Wildman–Crippen LogP) is 2.57. The van der Waals surface area contributed by atoms with Crippen molar-refractivity contribution < 1.29 is 4.79 Å². The molecule has 0 spiro atoms. The van der Waals surface area contributed by atoms with Gasteiger partial charge in [0.05, 0.1) is 12.2 Å². The van der Waals surface area contributed by atoms with Gasteiger partial charge in [0.1, 0.15) is 5.01 Å². The minimum atomic E-state index is 0.127. The van der Waals surface area contributed by atoms with E-state index in [1.54, 1.807) is 11.3 Å². The van der Waals surface area contributed by atoms with Gasteiger partial charge in [0.15, 0.2) is 0 Å². The summed E-state index contributed by atoms with van der Waals surface area (Å²) < 4.78 is 0. The summed E-state index contributed by atoms with van der Waals surface area (Å²) in [5, 5.41) is 3.88. The first kappa shape index (κ1) is 12.2. The first-order chi connectivity index (χ1) is 7.13. The number of aryl methyl sites for hydroxylation is 2. The summed E-state index contributed by atoms with van der Waals surface area (Å²) in [6.45, 7) is 6.70. The van der Waals surface area contributed by atoms with E-state index in [1.165, 1.54) is 4.88 Å². The number of nitrogens with zero attached hydrogens (tertiary/aromatic N) is 1. The first-order valence-electron chi connectivity index (χ1n) is 5.33. The summed E-state index contributed by atoms with van der Waals surface area (Å²) >= 11 is 1.65. The van der Waals surface area contributed by atoms with Gasteiger partial charge in [0, 0.05) is 11.3 Å². The number of thiazole rings is 1. The van der Waals surface area contributed by atoms with Crippen LogP contribution in [0, 0.1) is 13.8 Å². The number of amides is 1. The number of unbranched alkanes of at least 4 members (excludes halogenated alkanes) is 1. The molecule has 1 aromatic heterocycles. The van der Waals surface area contributed by atoms with E-state index in [0.29, 0.717) is 13.0 Å². The van der Waals surface area contributed by atoms with Gasteiger partial charge in [-0.15, -0.1) is 11.3 Å². The normalized spacial score (nSPS) is 10.3. The highest BCUT2D eigenvalue weighted by Gasteiger charge is 2.05. The van der Waals surface area contributed by atoms with Gasteiger partial charge in [0.25, 0.3) is 0 Å². The SMILES string of the molecule is CCCCC(=O)NCc1nc(C)c(C)s1. The van der Waals surface area contributed by atoms with Gasteiger partial charge in [-0.2, -0.15) is 0 Å². The van der Waals surface area contributed by atoms with Crippen molar-refractivity contribution in [3.8, 4) is 0 Å². The molecule has 0 aliphatic carbocycles. The quantitative estimate of drug-likeness (QED) is 0.838. The maximum absolute atomic E-state index is 11.3. The lowest BCUT2D eigenvalue weighted by molar-refractivity contribution is -0.121. The molecule has 0 unspecified atom stereocenters. The summed E-state index contributed by atoms with van der Waals surface area (Å²) in [6.07, 6.45) is 2.64. The fourth-order valence-electron chi connectivity index (χ4n) is 1.21. The molecule has 0 radical (unpaired) electrons. The van der Waals surface area contributed by atoms with Gasteiger partial charge in [0.2, 0.25) is 5.91 Å². The van der Waals surface area contributed by atoms with Gasteiger partial charge in [-0.05, 0) is 20.3 Å². The topological polar surface area (TPSA) is 42.0 Å². The summed E-state index contributed by atoms with van der Waals surface area (Å²) in [6, 6.07) is 0. The molecule has 1 aromatic rings. The fourth-order valence-corrected chi connectivity index (χ4v) is 2.09. The zero-order chi connectivity index (χ0) is 11.3. The third kappa shape index (κ3) is 4.00. The van der Waals surface area contributed by atoms with Crippen molar-refractivity contribution in [1.82, 2.24) is 10.3 Å². The molecule has 15 heavy (non-hydrogen) atoms. The highest BCUT2D eigenvalue weighted by molar-refractivity contribution is 7.11. The molecule has 0 saturated carbocycles. The molecule has 0 atom stereocenters. The van der Waals surface area contributed by atoms with Crippen LogP contribution in [0.25, 0.3) is 0 Å². The smallest absolute Gasteiger partial charge is 0.220 e. The van der Waals surface area contributed by atoms with Gasteiger partial charge in [-0.1, -0.05) is 13.3 Å². The Morgan fingerprint density at radius 3 is 2.73 bits per heavy atom. The summed E-state index contributed by atoms with van der Waals surface area (Å²) in [4.78, 5) is 16.9. The number of aromatic nitrogens is 1. The maximum atomic E-state index is 11.3. The molecule has 1 heterocycles. The molecule has 1 amide bonds. The Bertz CT molecular complexity index is 314. The molecule has 0 aliphatic rings. The van der Waals surface area contributed by atoms with Crippen LogP contribution in [0.1, 0.15) is 41.8 Å². The molecule has 3 nitrogen and oxygen atoms in total. The van der Waals surface area contributed by atoms with E-state index in [-0.39, 0.29) is 5.91 Å². The van der Waals surface area contributed by atoms with Crippen molar-refractivity contribution in [2.75, 3.05) is 0 Å². The van der Waals surface area contributed by atoms with Crippen LogP contribution in [0.5, 0.6) is 0 Å². The van der Waals surface area contributed by atoms with Crippen molar-refractivity contribution in [1.29, 1.82) is 0 Å². The highest BCUT2D eigenvalue weighted by Crippen LogP contribution is 2.15. The van der Waals surface area contributed by atoms with Gasteiger partial charge in [-0.25, -0.2) is 4.98 Å². The van der Waals surface area contributed by atoms with E-state index in [2.05, 4.69) is 24.1 Å². The summed E-state index contributed by atoms with van der Waals surface area (Å²) in [7, 11) is 0. The van der Waals surface area contributed by atoms with Crippen LogP contribution < -0.4 is 5.32 Å². The Morgan fingerprint density at radius 1 is 1.47 bits per heavy atom. The molecular weight excluding hydrogens is 208 g/mol. The molecule has 0 fully saturated rings. The highest BCUT2D eigenvalue weighted by atomic mass is 32.1.